The van der Waals surface area contributed by atoms with E-state index in [-0.39, 0.29) is 16.6 Å². The lowest BCUT2D eigenvalue weighted by atomic mass is 10.2. The number of carboxylic acids is 1. The quantitative estimate of drug-likeness (QED) is 0.522. The molecular formula is C20H16ClN3O3S. The summed E-state index contributed by atoms with van der Waals surface area (Å²) in [5.41, 5.74) is 1.44. The Bertz CT molecular complexity index is 1220. The summed E-state index contributed by atoms with van der Waals surface area (Å²) in [6.07, 6.45) is 0. The maximum atomic E-state index is 12.5. The average molecular weight is 414 g/mol. The molecule has 0 atom stereocenters. The number of aromatic nitrogens is 1. The van der Waals surface area contributed by atoms with Gasteiger partial charge < -0.3 is 21.4 Å². The lowest BCUT2D eigenvalue weighted by Crippen LogP contribution is -2.21. The molecule has 0 fully saturated rings. The van der Waals surface area contributed by atoms with Crippen LogP contribution in [0.2, 0.25) is 5.02 Å². The minimum absolute atomic E-state index is 0. The van der Waals surface area contributed by atoms with E-state index in [9.17, 15) is 14.7 Å². The van der Waals surface area contributed by atoms with Crippen LogP contribution in [0.3, 0.4) is 0 Å². The number of thiophene rings is 1. The van der Waals surface area contributed by atoms with Crippen LogP contribution in [-0.2, 0) is 0 Å². The first-order chi connectivity index (χ1) is 13.0. The lowest BCUT2D eigenvalue weighted by Gasteiger charge is -2.10. The van der Waals surface area contributed by atoms with Crippen molar-refractivity contribution in [2.45, 2.75) is 0 Å². The summed E-state index contributed by atoms with van der Waals surface area (Å²) in [5.74, 6) is -1.31. The van der Waals surface area contributed by atoms with Crippen LogP contribution in [0.1, 0.15) is 9.67 Å². The van der Waals surface area contributed by atoms with Gasteiger partial charge >= 0.3 is 0 Å². The normalized spacial score (nSPS) is 10.5. The largest absolute Gasteiger partial charge is 0.544 e. The summed E-state index contributed by atoms with van der Waals surface area (Å²) in [6.45, 7) is 0. The van der Waals surface area contributed by atoms with Crippen molar-refractivity contribution >= 4 is 50.5 Å². The fourth-order valence-electron chi connectivity index (χ4n) is 2.88. The van der Waals surface area contributed by atoms with E-state index in [1.54, 1.807) is 42.5 Å². The van der Waals surface area contributed by atoms with Crippen molar-refractivity contribution < 1.29 is 9.90 Å². The number of anilines is 2. The van der Waals surface area contributed by atoms with Crippen LogP contribution >= 0.6 is 22.9 Å². The second-order valence-electron chi connectivity index (χ2n) is 5.79. The van der Waals surface area contributed by atoms with Crippen LogP contribution in [0.15, 0.2) is 71.5 Å². The Morgan fingerprint density at radius 1 is 1.04 bits per heavy atom. The minimum atomic E-state index is -1.31. The molecule has 2 heterocycles. The molecule has 0 bridgehead atoms. The summed E-state index contributed by atoms with van der Waals surface area (Å²) < 4.78 is 1.50. The highest BCUT2D eigenvalue weighted by Gasteiger charge is 2.17. The lowest BCUT2D eigenvalue weighted by molar-refractivity contribution is -0.254. The fraction of sp³-hybridized carbons (Fsp3) is 0. The van der Waals surface area contributed by atoms with Crippen molar-refractivity contribution in [3.8, 4) is 5.69 Å². The van der Waals surface area contributed by atoms with Crippen LogP contribution < -0.4 is 22.1 Å². The molecule has 0 aliphatic heterocycles. The number of pyridine rings is 1. The molecule has 0 aliphatic rings. The van der Waals surface area contributed by atoms with Crippen LogP contribution in [-0.4, -0.2) is 10.5 Å². The molecule has 0 saturated carbocycles. The number of hydrogen-bond acceptors (Lipinski definition) is 5. The minimum Gasteiger partial charge on any atom is -0.544 e. The Morgan fingerprint density at radius 2 is 1.79 bits per heavy atom. The molecule has 8 heteroatoms. The molecule has 2 aromatic heterocycles. The molecule has 0 spiro atoms. The number of para-hydroxylation sites is 1. The second kappa shape index (κ2) is 7.85. The van der Waals surface area contributed by atoms with Gasteiger partial charge in [0.25, 0.3) is 5.56 Å². The van der Waals surface area contributed by atoms with E-state index in [1.807, 2.05) is 18.2 Å². The van der Waals surface area contributed by atoms with E-state index in [4.69, 9.17) is 11.6 Å². The number of benzene rings is 2. The summed E-state index contributed by atoms with van der Waals surface area (Å²) >= 11 is 7.02. The first-order valence-corrected chi connectivity index (χ1v) is 9.22. The van der Waals surface area contributed by atoms with E-state index in [2.05, 4.69) is 5.32 Å². The molecule has 0 amide bonds. The molecule has 6 nitrogen and oxygen atoms in total. The van der Waals surface area contributed by atoms with Crippen molar-refractivity contribution in [1.82, 2.24) is 10.7 Å². The molecule has 4 aromatic rings. The van der Waals surface area contributed by atoms with Gasteiger partial charge in [0.15, 0.2) is 0 Å². The SMILES string of the molecule is O=C([O-])c1sc2c(ccc(=O)n2-c2ccccc2)c1Nc1cccc(Cl)c1.[NH4+]. The van der Waals surface area contributed by atoms with Gasteiger partial charge in [-0.1, -0.05) is 35.9 Å². The third-order valence-electron chi connectivity index (χ3n) is 4.04. The number of carbonyl (C=O) groups is 1. The molecule has 0 saturated heterocycles. The van der Waals surface area contributed by atoms with Crippen molar-refractivity contribution in [1.29, 1.82) is 0 Å². The summed E-state index contributed by atoms with van der Waals surface area (Å²) in [6, 6.07) is 19.1. The topological polar surface area (TPSA) is 111 Å². The number of hydrogen-bond donors (Lipinski definition) is 2. The zero-order valence-electron chi connectivity index (χ0n) is 14.8. The molecule has 5 N–H and O–H groups in total. The molecule has 2 aromatic carbocycles. The smallest absolute Gasteiger partial charge is 0.256 e. The van der Waals surface area contributed by atoms with Gasteiger partial charge in [0, 0.05) is 22.2 Å². The van der Waals surface area contributed by atoms with Gasteiger partial charge in [-0.15, -0.1) is 11.3 Å². The summed E-state index contributed by atoms with van der Waals surface area (Å²) in [5, 5.41) is 16.0. The van der Waals surface area contributed by atoms with Crippen LogP contribution in [0.4, 0.5) is 11.4 Å². The standard InChI is InChI=1S/C20H13ClN2O3S.H3N/c21-12-5-4-6-13(11-12)22-17-15-9-10-16(24)23(14-7-2-1-3-8-14)19(15)27-18(17)20(25)26;/h1-11,22H,(H,25,26);1H3. The number of aromatic carboxylic acids is 1. The Balaban J connectivity index is 0.00000225. The van der Waals surface area contributed by atoms with Gasteiger partial charge in [-0.25, -0.2) is 0 Å². The van der Waals surface area contributed by atoms with Crippen molar-refractivity contribution in [3.63, 3.8) is 0 Å². The summed E-state index contributed by atoms with van der Waals surface area (Å²) in [7, 11) is 0. The van der Waals surface area contributed by atoms with Crippen LogP contribution in [0.25, 0.3) is 15.9 Å². The number of rotatable bonds is 4. The molecular weight excluding hydrogens is 398 g/mol. The molecule has 0 unspecified atom stereocenters. The van der Waals surface area contributed by atoms with Gasteiger partial charge in [0.05, 0.1) is 22.2 Å². The van der Waals surface area contributed by atoms with Crippen LogP contribution in [0, 0.1) is 0 Å². The first kappa shape index (κ1) is 19.6. The van der Waals surface area contributed by atoms with Gasteiger partial charge in [0.2, 0.25) is 0 Å². The first-order valence-electron chi connectivity index (χ1n) is 8.02. The number of fused-ring (bicyclic) bond motifs is 1. The molecule has 4 rings (SSSR count). The van der Waals surface area contributed by atoms with Gasteiger partial charge in [-0.2, -0.15) is 0 Å². The third kappa shape index (κ3) is 3.50. The van der Waals surface area contributed by atoms with Crippen molar-refractivity contribution in [2.24, 2.45) is 0 Å². The van der Waals surface area contributed by atoms with Gasteiger partial charge in [-0.05, 0) is 36.4 Å². The molecule has 0 aliphatic carbocycles. The number of carboxylic acid groups (broad SMARTS) is 1. The maximum absolute atomic E-state index is 12.5. The van der Waals surface area contributed by atoms with E-state index < -0.39 is 5.97 Å². The zero-order chi connectivity index (χ0) is 19.0. The van der Waals surface area contributed by atoms with Gasteiger partial charge in [-0.3, -0.25) is 9.36 Å². The highest BCUT2D eigenvalue weighted by Crippen LogP contribution is 2.37. The van der Waals surface area contributed by atoms with Crippen molar-refractivity contribution in [3.05, 3.63) is 87.0 Å². The van der Waals surface area contributed by atoms with Gasteiger partial charge in [0.1, 0.15) is 4.83 Å². The zero-order valence-corrected chi connectivity index (χ0v) is 16.4. The number of halogens is 1. The number of nitrogens with zero attached hydrogens (tertiary/aromatic N) is 1. The van der Waals surface area contributed by atoms with Crippen molar-refractivity contribution in [2.75, 3.05) is 5.32 Å². The summed E-state index contributed by atoms with van der Waals surface area (Å²) in [4.78, 5) is 24.8. The molecule has 0 radical (unpaired) electrons. The highest BCUT2D eigenvalue weighted by atomic mass is 35.5. The number of nitrogens with one attached hydrogen (secondary N) is 1. The fourth-order valence-corrected chi connectivity index (χ4v) is 4.18. The average Bonchev–Trinajstić information content (AvgIpc) is 3.01. The third-order valence-corrected chi connectivity index (χ3v) is 5.44. The van der Waals surface area contributed by atoms with E-state index in [0.717, 1.165) is 11.3 Å². The molecule has 28 heavy (non-hydrogen) atoms. The Morgan fingerprint density at radius 3 is 2.46 bits per heavy atom. The van der Waals surface area contributed by atoms with Crippen LogP contribution in [0.5, 0.6) is 0 Å². The maximum Gasteiger partial charge on any atom is 0.256 e. The Kier molecular flexibility index (Phi) is 5.51. The Hall–Kier alpha value is -3.13. The Labute approximate surface area is 169 Å². The number of carbonyl (C=O) groups excluding carboxylic acids is 1. The van der Waals surface area contributed by atoms with E-state index in [0.29, 0.717) is 32.3 Å². The monoisotopic (exact) mass is 413 g/mol. The predicted octanol–water partition coefficient (Wildman–Crippen LogP) is 4.19. The van der Waals surface area contributed by atoms with E-state index >= 15 is 0 Å². The number of quaternary nitrogens is 1. The second-order valence-corrected chi connectivity index (χ2v) is 7.23. The van der Waals surface area contributed by atoms with E-state index in [1.165, 1.54) is 10.6 Å². The predicted molar refractivity (Wildman–Crippen MR) is 112 cm³/mol. The molecule has 142 valence electrons. The highest BCUT2D eigenvalue weighted by molar-refractivity contribution is 7.21.